The number of halogens is 2. The van der Waals surface area contributed by atoms with Gasteiger partial charge in [0.15, 0.2) is 0 Å². The van der Waals surface area contributed by atoms with Crippen molar-refractivity contribution in [3.63, 3.8) is 0 Å². The van der Waals surface area contributed by atoms with Gasteiger partial charge in [-0.25, -0.2) is 9.97 Å². The highest BCUT2D eigenvalue weighted by Crippen LogP contribution is 2.25. The summed E-state index contributed by atoms with van der Waals surface area (Å²) in [7, 11) is 1.66. The third-order valence-corrected chi connectivity index (χ3v) is 4.06. The van der Waals surface area contributed by atoms with Crippen LogP contribution in [0.1, 0.15) is 11.4 Å². The van der Waals surface area contributed by atoms with Crippen molar-refractivity contribution in [1.29, 1.82) is 0 Å². The Balaban J connectivity index is 1.77. The fourth-order valence-electron chi connectivity index (χ4n) is 2.53. The standard InChI is InChI=1S/C19H18Cl2N4O/c1-12-23-18(22-11-13-5-3-4-6-17(13)26-2)10-19(24-12)25-16-8-14(20)7-15(21)9-16/h3-10H,11H2,1-2H3,(H2,22,23,24,25). The van der Waals surface area contributed by atoms with Crippen LogP contribution in [0.15, 0.2) is 48.5 Å². The summed E-state index contributed by atoms with van der Waals surface area (Å²) in [5, 5.41) is 7.62. The summed E-state index contributed by atoms with van der Waals surface area (Å²) in [4.78, 5) is 8.83. The van der Waals surface area contributed by atoms with Crippen molar-refractivity contribution < 1.29 is 4.74 Å². The number of hydrogen-bond donors (Lipinski definition) is 2. The van der Waals surface area contributed by atoms with Crippen LogP contribution in [-0.2, 0) is 6.54 Å². The van der Waals surface area contributed by atoms with Gasteiger partial charge in [-0.2, -0.15) is 0 Å². The molecule has 0 radical (unpaired) electrons. The van der Waals surface area contributed by atoms with Crippen molar-refractivity contribution in [2.24, 2.45) is 0 Å². The topological polar surface area (TPSA) is 59.1 Å². The lowest BCUT2D eigenvalue weighted by atomic mass is 10.2. The minimum absolute atomic E-state index is 0.556. The van der Waals surface area contributed by atoms with Crippen LogP contribution >= 0.6 is 23.2 Å². The number of hydrogen-bond acceptors (Lipinski definition) is 5. The molecule has 2 aromatic carbocycles. The molecule has 3 aromatic rings. The van der Waals surface area contributed by atoms with Crippen LogP contribution in [0.4, 0.5) is 17.3 Å². The summed E-state index contributed by atoms with van der Waals surface area (Å²) in [6.45, 7) is 2.42. The van der Waals surface area contributed by atoms with E-state index in [9.17, 15) is 0 Å². The molecule has 0 bridgehead atoms. The Hall–Kier alpha value is -2.50. The van der Waals surface area contributed by atoms with E-state index < -0.39 is 0 Å². The van der Waals surface area contributed by atoms with Crippen molar-refractivity contribution in [3.05, 3.63) is 70.0 Å². The number of anilines is 3. The Bertz CT molecular complexity index is 898. The van der Waals surface area contributed by atoms with Gasteiger partial charge in [-0.05, 0) is 31.2 Å². The quantitative estimate of drug-likeness (QED) is 0.587. The van der Waals surface area contributed by atoms with Crippen molar-refractivity contribution in [2.75, 3.05) is 17.7 Å². The number of para-hydroxylation sites is 1. The molecule has 0 saturated heterocycles. The molecule has 134 valence electrons. The zero-order valence-corrected chi connectivity index (χ0v) is 15.9. The molecule has 1 aromatic heterocycles. The molecule has 0 aliphatic heterocycles. The second kappa shape index (κ2) is 8.25. The lowest BCUT2D eigenvalue weighted by Gasteiger charge is -2.12. The van der Waals surface area contributed by atoms with Crippen LogP contribution in [0.25, 0.3) is 0 Å². The smallest absolute Gasteiger partial charge is 0.136 e. The lowest BCUT2D eigenvalue weighted by Crippen LogP contribution is -2.06. The van der Waals surface area contributed by atoms with Gasteiger partial charge in [0, 0.05) is 33.9 Å². The Morgan fingerprint density at radius 2 is 1.65 bits per heavy atom. The molecule has 0 amide bonds. The van der Waals surface area contributed by atoms with Crippen LogP contribution in [0.3, 0.4) is 0 Å². The Morgan fingerprint density at radius 3 is 2.38 bits per heavy atom. The van der Waals surface area contributed by atoms with Crippen LogP contribution in [0.5, 0.6) is 5.75 Å². The summed E-state index contributed by atoms with van der Waals surface area (Å²) in [6.07, 6.45) is 0. The second-order valence-electron chi connectivity index (χ2n) is 5.63. The monoisotopic (exact) mass is 388 g/mol. The van der Waals surface area contributed by atoms with Crippen molar-refractivity contribution >= 4 is 40.5 Å². The molecule has 7 heteroatoms. The van der Waals surface area contributed by atoms with Gasteiger partial charge in [-0.3, -0.25) is 0 Å². The molecule has 0 spiro atoms. The number of ether oxygens (including phenoxy) is 1. The van der Waals surface area contributed by atoms with E-state index in [4.69, 9.17) is 27.9 Å². The minimum Gasteiger partial charge on any atom is -0.496 e. The molecule has 0 atom stereocenters. The van der Waals surface area contributed by atoms with E-state index in [0.29, 0.717) is 34.1 Å². The maximum Gasteiger partial charge on any atom is 0.136 e. The third kappa shape index (κ3) is 4.77. The first-order valence-corrected chi connectivity index (χ1v) is 8.73. The molecule has 2 N–H and O–H groups in total. The van der Waals surface area contributed by atoms with E-state index in [1.54, 1.807) is 25.3 Å². The van der Waals surface area contributed by atoms with Gasteiger partial charge in [-0.15, -0.1) is 0 Å². The molecule has 0 aliphatic rings. The fraction of sp³-hybridized carbons (Fsp3) is 0.158. The van der Waals surface area contributed by atoms with E-state index >= 15 is 0 Å². The molecule has 26 heavy (non-hydrogen) atoms. The number of nitrogens with zero attached hydrogens (tertiary/aromatic N) is 2. The van der Waals surface area contributed by atoms with Gasteiger partial charge >= 0.3 is 0 Å². The number of aryl methyl sites for hydroxylation is 1. The van der Waals surface area contributed by atoms with E-state index in [2.05, 4.69) is 20.6 Å². The molecule has 0 fully saturated rings. The molecule has 1 heterocycles. The van der Waals surface area contributed by atoms with Crippen LogP contribution in [0, 0.1) is 6.92 Å². The average molecular weight is 389 g/mol. The predicted molar refractivity (Wildman–Crippen MR) is 107 cm³/mol. The fourth-order valence-corrected chi connectivity index (χ4v) is 3.06. The highest BCUT2D eigenvalue weighted by molar-refractivity contribution is 6.35. The molecular weight excluding hydrogens is 371 g/mol. The lowest BCUT2D eigenvalue weighted by molar-refractivity contribution is 0.410. The maximum atomic E-state index is 6.04. The molecule has 0 aliphatic carbocycles. The normalized spacial score (nSPS) is 10.5. The predicted octanol–water partition coefficient (Wildman–Crippen LogP) is 5.46. The first-order valence-electron chi connectivity index (χ1n) is 7.98. The van der Waals surface area contributed by atoms with E-state index in [1.165, 1.54) is 0 Å². The highest BCUT2D eigenvalue weighted by Gasteiger charge is 2.06. The largest absolute Gasteiger partial charge is 0.496 e. The third-order valence-electron chi connectivity index (χ3n) is 3.63. The number of methoxy groups -OCH3 is 1. The van der Waals surface area contributed by atoms with Crippen molar-refractivity contribution in [3.8, 4) is 5.75 Å². The van der Waals surface area contributed by atoms with E-state index in [1.807, 2.05) is 37.3 Å². The summed E-state index contributed by atoms with van der Waals surface area (Å²) >= 11 is 12.1. The highest BCUT2D eigenvalue weighted by atomic mass is 35.5. The molecule has 3 rings (SSSR count). The summed E-state index contributed by atoms with van der Waals surface area (Å²) < 4.78 is 5.37. The Kier molecular flexibility index (Phi) is 5.81. The molecule has 5 nitrogen and oxygen atoms in total. The number of aromatic nitrogens is 2. The van der Waals surface area contributed by atoms with Crippen LogP contribution < -0.4 is 15.4 Å². The summed E-state index contributed by atoms with van der Waals surface area (Å²) in [5.41, 5.74) is 1.80. The van der Waals surface area contributed by atoms with Gasteiger partial charge in [0.1, 0.15) is 23.2 Å². The summed E-state index contributed by atoms with van der Waals surface area (Å²) in [6, 6.07) is 14.9. The van der Waals surface area contributed by atoms with Gasteiger partial charge < -0.3 is 15.4 Å². The van der Waals surface area contributed by atoms with Gasteiger partial charge in [-0.1, -0.05) is 41.4 Å². The van der Waals surface area contributed by atoms with E-state index in [0.717, 1.165) is 17.0 Å². The van der Waals surface area contributed by atoms with Crippen LogP contribution in [0.2, 0.25) is 10.0 Å². The Labute approximate surface area is 162 Å². The number of rotatable bonds is 6. The molecular formula is C19H18Cl2N4O. The second-order valence-corrected chi connectivity index (χ2v) is 6.51. The molecule has 0 unspecified atom stereocenters. The van der Waals surface area contributed by atoms with Crippen LogP contribution in [-0.4, -0.2) is 17.1 Å². The van der Waals surface area contributed by atoms with E-state index in [-0.39, 0.29) is 0 Å². The van der Waals surface area contributed by atoms with Gasteiger partial charge in [0.2, 0.25) is 0 Å². The zero-order chi connectivity index (χ0) is 18.5. The molecule has 0 saturated carbocycles. The first kappa shape index (κ1) is 18.3. The average Bonchev–Trinajstić information content (AvgIpc) is 2.59. The van der Waals surface area contributed by atoms with Gasteiger partial charge in [0.25, 0.3) is 0 Å². The SMILES string of the molecule is COc1ccccc1CNc1cc(Nc2cc(Cl)cc(Cl)c2)nc(C)n1. The zero-order valence-electron chi connectivity index (χ0n) is 14.4. The Morgan fingerprint density at radius 1 is 0.962 bits per heavy atom. The van der Waals surface area contributed by atoms with Crippen molar-refractivity contribution in [1.82, 2.24) is 9.97 Å². The van der Waals surface area contributed by atoms with Gasteiger partial charge in [0.05, 0.1) is 7.11 Å². The number of benzene rings is 2. The first-order chi connectivity index (χ1) is 12.5. The van der Waals surface area contributed by atoms with Crippen molar-refractivity contribution in [2.45, 2.75) is 13.5 Å². The minimum atomic E-state index is 0.556. The maximum absolute atomic E-state index is 6.04. The number of nitrogens with one attached hydrogen (secondary N) is 2. The summed E-state index contributed by atoms with van der Waals surface area (Å²) in [5.74, 6) is 2.83.